The highest BCUT2D eigenvalue weighted by atomic mass is 19.3. The van der Waals surface area contributed by atoms with E-state index in [4.69, 9.17) is 0 Å². The molecular weight excluding hydrogens is 440 g/mol. The van der Waals surface area contributed by atoms with Gasteiger partial charge in [0.1, 0.15) is 0 Å². The molecule has 0 nitrogen and oxygen atoms in total. The summed E-state index contributed by atoms with van der Waals surface area (Å²) in [6.45, 7) is 16.3. The first kappa shape index (κ1) is 30.4. The summed E-state index contributed by atoms with van der Waals surface area (Å²) < 4.78 is 117. The van der Waals surface area contributed by atoms with Crippen LogP contribution in [0.3, 0.4) is 0 Å². The van der Waals surface area contributed by atoms with E-state index in [1.54, 1.807) is 0 Å². The van der Waals surface area contributed by atoms with Crippen LogP contribution in [0.2, 0.25) is 0 Å². The highest BCUT2D eigenvalue weighted by molar-refractivity contribution is 5.12. The third-order valence-electron chi connectivity index (χ3n) is 5.81. The highest BCUT2D eigenvalue weighted by Crippen LogP contribution is 2.57. The van der Waals surface area contributed by atoms with Crippen LogP contribution in [0.1, 0.15) is 66.2 Å². The van der Waals surface area contributed by atoms with E-state index in [1.165, 1.54) is 12.2 Å². The van der Waals surface area contributed by atoms with E-state index in [1.807, 2.05) is 0 Å². The molecule has 186 valence electrons. The zero-order chi connectivity index (χ0) is 25.8. The minimum atomic E-state index is -4.98. The first-order chi connectivity index (χ1) is 14.1. The molecule has 0 atom stereocenters. The fourth-order valence-corrected chi connectivity index (χ4v) is 3.34. The van der Waals surface area contributed by atoms with Crippen LogP contribution in [0.5, 0.6) is 0 Å². The molecular formula is C24H34F8. The van der Waals surface area contributed by atoms with Crippen LogP contribution in [-0.2, 0) is 0 Å². The van der Waals surface area contributed by atoms with Crippen molar-refractivity contribution in [2.24, 2.45) is 10.8 Å². The Labute approximate surface area is 186 Å². The van der Waals surface area contributed by atoms with Gasteiger partial charge in [-0.1, -0.05) is 77.3 Å². The molecule has 0 radical (unpaired) electrons. The lowest BCUT2D eigenvalue weighted by molar-refractivity contribution is -0.291. The van der Waals surface area contributed by atoms with Gasteiger partial charge in [0.15, 0.2) is 0 Å². The van der Waals surface area contributed by atoms with Crippen molar-refractivity contribution in [2.45, 2.75) is 89.9 Å². The average molecular weight is 475 g/mol. The maximum Gasteiger partial charge on any atom is 0.315 e. The fraction of sp³-hybridized carbons (Fsp3) is 0.667. The van der Waals surface area contributed by atoms with Crippen LogP contribution in [0.4, 0.5) is 35.1 Å². The van der Waals surface area contributed by atoms with Crippen molar-refractivity contribution in [3.63, 3.8) is 0 Å². The normalized spacial score (nSPS) is 14.2. The molecule has 8 heteroatoms. The average Bonchev–Trinajstić information content (AvgIpc) is 2.62. The molecule has 0 bridgehead atoms. The van der Waals surface area contributed by atoms with Crippen molar-refractivity contribution < 1.29 is 35.1 Å². The van der Waals surface area contributed by atoms with Gasteiger partial charge in [-0.15, -0.1) is 0 Å². The third kappa shape index (κ3) is 7.48. The van der Waals surface area contributed by atoms with Crippen molar-refractivity contribution in [1.29, 1.82) is 0 Å². The Hall–Kier alpha value is -1.60. The molecule has 32 heavy (non-hydrogen) atoms. The van der Waals surface area contributed by atoms with E-state index in [0.29, 0.717) is 13.8 Å². The second kappa shape index (κ2) is 10.1. The number of rotatable bonds is 15. The highest BCUT2D eigenvalue weighted by Gasteiger charge is 2.68. The van der Waals surface area contributed by atoms with Gasteiger partial charge in [0, 0.05) is 36.5 Å². The number of hydrogen-bond donors (Lipinski definition) is 0. The van der Waals surface area contributed by atoms with Gasteiger partial charge in [-0.25, -0.2) is 17.6 Å². The van der Waals surface area contributed by atoms with Crippen molar-refractivity contribution in [1.82, 2.24) is 0 Å². The summed E-state index contributed by atoms with van der Waals surface area (Å²) in [5, 5.41) is 0. The molecule has 0 fully saturated rings. The molecule has 0 aromatic carbocycles. The van der Waals surface area contributed by atoms with Crippen LogP contribution in [0.15, 0.2) is 49.6 Å². The predicted molar refractivity (Wildman–Crippen MR) is 114 cm³/mol. The molecule has 0 unspecified atom stereocenters. The van der Waals surface area contributed by atoms with Gasteiger partial charge in [-0.2, -0.15) is 17.6 Å². The molecule has 0 saturated heterocycles. The quantitative estimate of drug-likeness (QED) is 0.164. The molecule has 0 aromatic rings. The van der Waals surface area contributed by atoms with Crippen molar-refractivity contribution in [3.8, 4) is 0 Å². The number of allylic oxidation sites excluding steroid dienone is 4. The SMILES string of the molecule is C=CC(=C)CCC(F)(F)CC(C)(C)C(F)(F)C(F)(F)CC(C)(C)C(F)(F)CCC(=C)C=C. The molecule has 0 aromatic heterocycles. The van der Waals surface area contributed by atoms with E-state index >= 15 is 0 Å². The summed E-state index contributed by atoms with van der Waals surface area (Å²) in [5.74, 6) is -17.4. The summed E-state index contributed by atoms with van der Waals surface area (Å²) >= 11 is 0. The molecule has 0 aliphatic rings. The molecule has 0 amide bonds. The van der Waals surface area contributed by atoms with E-state index in [-0.39, 0.29) is 24.0 Å². The molecule has 0 rings (SSSR count). The summed E-state index contributed by atoms with van der Waals surface area (Å²) in [5.41, 5.74) is -4.91. The summed E-state index contributed by atoms with van der Waals surface area (Å²) in [7, 11) is 0. The zero-order valence-electron chi connectivity index (χ0n) is 19.2. The van der Waals surface area contributed by atoms with Gasteiger partial charge in [0.2, 0.25) is 5.92 Å². The lowest BCUT2D eigenvalue weighted by Gasteiger charge is -2.44. The molecule has 0 heterocycles. The van der Waals surface area contributed by atoms with Gasteiger partial charge in [0.05, 0.1) is 0 Å². The lowest BCUT2D eigenvalue weighted by Crippen LogP contribution is -2.56. The van der Waals surface area contributed by atoms with E-state index in [2.05, 4.69) is 26.3 Å². The second-order valence-corrected chi connectivity index (χ2v) is 9.69. The largest absolute Gasteiger partial charge is 0.315 e. The Balaban J connectivity index is 5.67. The molecule has 0 N–H and O–H groups in total. The number of halogens is 8. The minimum absolute atomic E-state index is 0.246. The summed E-state index contributed by atoms with van der Waals surface area (Å²) in [6.07, 6.45) is -3.23. The van der Waals surface area contributed by atoms with E-state index in [0.717, 1.165) is 13.8 Å². The fourth-order valence-electron chi connectivity index (χ4n) is 3.34. The van der Waals surface area contributed by atoms with Gasteiger partial charge >= 0.3 is 11.8 Å². The summed E-state index contributed by atoms with van der Waals surface area (Å²) in [4.78, 5) is 0. The molecule has 0 spiro atoms. The van der Waals surface area contributed by atoms with E-state index in [9.17, 15) is 35.1 Å². The topological polar surface area (TPSA) is 0 Å². The Morgan fingerprint density at radius 1 is 0.625 bits per heavy atom. The van der Waals surface area contributed by atoms with Gasteiger partial charge in [-0.3, -0.25) is 0 Å². The van der Waals surface area contributed by atoms with E-state index < -0.39 is 60.2 Å². The molecule has 0 saturated carbocycles. The Morgan fingerprint density at radius 3 is 1.44 bits per heavy atom. The predicted octanol–water partition coefficient (Wildman–Crippen LogP) is 9.40. The number of hydrogen-bond acceptors (Lipinski definition) is 0. The Morgan fingerprint density at radius 2 is 1.03 bits per heavy atom. The monoisotopic (exact) mass is 474 g/mol. The standard InChI is InChI=1S/C24H34F8/c1-9-17(3)11-13-21(25,26)15-20(7,8)24(31,32)23(29,30)16-19(5,6)22(27,28)14-12-18(4)10-2/h9-10H,1-4,11-16H2,5-8H3. The minimum Gasteiger partial charge on any atom is -0.207 e. The van der Waals surface area contributed by atoms with Crippen LogP contribution >= 0.6 is 0 Å². The van der Waals surface area contributed by atoms with Crippen molar-refractivity contribution >= 4 is 0 Å². The smallest absolute Gasteiger partial charge is 0.207 e. The first-order valence-corrected chi connectivity index (χ1v) is 10.2. The number of alkyl halides is 8. The second-order valence-electron chi connectivity index (χ2n) is 9.69. The van der Waals surface area contributed by atoms with Crippen LogP contribution in [0.25, 0.3) is 0 Å². The van der Waals surface area contributed by atoms with Crippen LogP contribution in [-0.4, -0.2) is 23.7 Å². The first-order valence-electron chi connectivity index (χ1n) is 10.2. The maximum atomic E-state index is 14.9. The van der Waals surface area contributed by atoms with Gasteiger partial charge in [0.25, 0.3) is 5.92 Å². The molecule has 0 aliphatic carbocycles. The van der Waals surface area contributed by atoms with Crippen molar-refractivity contribution in [3.05, 3.63) is 49.6 Å². The molecule has 0 aliphatic heterocycles. The lowest BCUT2D eigenvalue weighted by atomic mass is 9.70. The summed E-state index contributed by atoms with van der Waals surface area (Å²) in [6, 6.07) is 0. The van der Waals surface area contributed by atoms with Crippen LogP contribution < -0.4 is 0 Å². The van der Waals surface area contributed by atoms with Gasteiger partial charge < -0.3 is 0 Å². The third-order valence-corrected chi connectivity index (χ3v) is 5.81. The Kier molecular flexibility index (Phi) is 9.62. The van der Waals surface area contributed by atoms with Gasteiger partial charge in [-0.05, 0) is 12.8 Å². The van der Waals surface area contributed by atoms with Crippen molar-refractivity contribution in [2.75, 3.05) is 0 Å². The van der Waals surface area contributed by atoms with Crippen LogP contribution in [0, 0.1) is 10.8 Å². The maximum absolute atomic E-state index is 14.9. The zero-order valence-corrected chi connectivity index (χ0v) is 19.2. The Bertz CT molecular complexity index is 699.